The van der Waals surface area contributed by atoms with Crippen LogP contribution in [0.25, 0.3) is 0 Å². The van der Waals surface area contributed by atoms with Crippen LogP contribution in [0.2, 0.25) is 0 Å². The molecule has 0 radical (unpaired) electrons. The number of likely N-dealkylation sites (tertiary alicyclic amines) is 1. The topological polar surface area (TPSA) is 52.7 Å². The maximum atomic E-state index is 14.3. The van der Waals surface area contributed by atoms with E-state index in [-0.39, 0.29) is 23.8 Å². The van der Waals surface area contributed by atoms with Gasteiger partial charge in [-0.3, -0.25) is 14.5 Å². The molecule has 4 fully saturated rings. The van der Waals surface area contributed by atoms with Gasteiger partial charge in [-0.25, -0.2) is 0 Å². The molecule has 1 N–H and O–H groups in total. The van der Waals surface area contributed by atoms with Gasteiger partial charge in [0.05, 0.1) is 0 Å². The van der Waals surface area contributed by atoms with Gasteiger partial charge in [-0.15, -0.1) is 0 Å². The van der Waals surface area contributed by atoms with Crippen LogP contribution in [0.5, 0.6) is 0 Å². The number of carbonyl (C=O) groups excluding carboxylic acids is 2. The number of amides is 2. The molecule has 5 unspecified atom stereocenters. The van der Waals surface area contributed by atoms with E-state index < -0.39 is 5.54 Å². The van der Waals surface area contributed by atoms with E-state index >= 15 is 0 Å². The number of nitrogens with zero attached hydrogens (tertiary/aromatic N) is 2. The van der Waals surface area contributed by atoms with Crippen molar-refractivity contribution < 1.29 is 9.59 Å². The summed E-state index contributed by atoms with van der Waals surface area (Å²) in [6, 6.07) is 19.0. The lowest BCUT2D eigenvalue weighted by Crippen LogP contribution is -2.77. The predicted molar refractivity (Wildman–Crippen MR) is 139 cm³/mol. The molecule has 3 aliphatic heterocycles. The molecule has 0 aromatic heterocycles. The molecule has 186 valence electrons. The van der Waals surface area contributed by atoms with Crippen molar-refractivity contribution in [2.45, 2.75) is 58.7 Å². The summed E-state index contributed by atoms with van der Waals surface area (Å²) in [7, 11) is 0. The molecule has 2 amide bonds. The van der Waals surface area contributed by atoms with Gasteiger partial charge in [0.1, 0.15) is 5.54 Å². The SMILES string of the molecule is CC(=O)N1CC2CC3CN(CC(C)C)C(C2Cc2ccccc2)C31C(=O)NCc1cccc(C)c1. The number of hydrogen-bond donors (Lipinski definition) is 1. The largest absolute Gasteiger partial charge is 0.350 e. The van der Waals surface area contributed by atoms with Gasteiger partial charge in [0.25, 0.3) is 0 Å². The quantitative estimate of drug-likeness (QED) is 0.660. The number of nitrogens with one attached hydrogen (secondary N) is 1. The van der Waals surface area contributed by atoms with Crippen molar-refractivity contribution in [2.24, 2.45) is 23.7 Å². The first kappa shape index (κ1) is 24.1. The fraction of sp³-hybridized carbons (Fsp3) is 0.533. The number of aryl methyl sites for hydroxylation is 1. The summed E-state index contributed by atoms with van der Waals surface area (Å²) < 4.78 is 0. The monoisotopic (exact) mass is 473 g/mol. The van der Waals surface area contributed by atoms with E-state index in [0.717, 1.165) is 31.5 Å². The highest BCUT2D eigenvalue weighted by molar-refractivity contribution is 5.93. The fourth-order valence-corrected chi connectivity index (χ4v) is 7.48. The Hall–Kier alpha value is -2.66. The molecule has 3 saturated heterocycles. The average molecular weight is 474 g/mol. The van der Waals surface area contributed by atoms with Gasteiger partial charge in [-0.2, -0.15) is 0 Å². The van der Waals surface area contributed by atoms with Crippen molar-refractivity contribution in [3.05, 3.63) is 71.3 Å². The van der Waals surface area contributed by atoms with Crippen LogP contribution in [-0.4, -0.2) is 52.8 Å². The standard InChI is InChI=1S/C30H39N3O2/c1-20(2)17-32-19-26-15-25-18-33(22(4)34)30(26,28(32)27(25)14-23-10-6-5-7-11-23)29(35)31-16-24-12-8-9-21(3)13-24/h5-13,20,25-28H,14-19H2,1-4H3,(H,31,35). The van der Waals surface area contributed by atoms with Gasteiger partial charge >= 0.3 is 0 Å². The van der Waals surface area contributed by atoms with Crippen LogP contribution in [0.15, 0.2) is 54.6 Å². The summed E-state index contributed by atoms with van der Waals surface area (Å²) in [5, 5.41) is 3.30. The second-order valence-electron chi connectivity index (χ2n) is 11.5. The third kappa shape index (κ3) is 4.18. The normalized spacial score (nSPS) is 29.6. The molecule has 3 heterocycles. The van der Waals surface area contributed by atoms with Crippen molar-refractivity contribution in [2.75, 3.05) is 19.6 Å². The van der Waals surface area contributed by atoms with Crippen LogP contribution < -0.4 is 5.32 Å². The molecule has 5 heteroatoms. The minimum absolute atomic E-state index is 0.0277. The zero-order valence-corrected chi connectivity index (χ0v) is 21.5. The Labute approximate surface area is 209 Å². The molecule has 5 atom stereocenters. The van der Waals surface area contributed by atoms with Gasteiger partial charge in [0, 0.05) is 45.1 Å². The number of piperidine rings is 2. The summed E-state index contributed by atoms with van der Waals surface area (Å²) in [6.45, 7) is 11.2. The van der Waals surface area contributed by atoms with Crippen LogP contribution in [0, 0.1) is 30.6 Å². The minimum atomic E-state index is -0.793. The van der Waals surface area contributed by atoms with Gasteiger partial charge in [-0.05, 0) is 48.6 Å². The lowest BCUT2D eigenvalue weighted by atomic mass is 9.57. The molecule has 2 aromatic carbocycles. The van der Waals surface area contributed by atoms with Gasteiger partial charge < -0.3 is 10.2 Å². The van der Waals surface area contributed by atoms with E-state index in [1.54, 1.807) is 6.92 Å². The lowest BCUT2D eigenvalue weighted by Gasteiger charge is -2.61. The van der Waals surface area contributed by atoms with E-state index in [2.05, 4.69) is 79.5 Å². The Morgan fingerprint density at radius 1 is 1.06 bits per heavy atom. The van der Waals surface area contributed by atoms with Crippen molar-refractivity contribution in [1.82, 2.24) is 15.1 Å². The second-order valence-corrected chi connectivity index (χ2v) is 11.5. The molecular formula is C30H39N3O2. The predicted octanol–water partition coefficient (Wildman–Crippen LogP) is 4.05. The molecule has 4 bridgehead atoms. The first-order valence-corrected chi connectivity index (χ1v) is 13.2. The third-order valence-corrected chi connectivity index (χ3v) is 8.58. The summed E-state index contributed by atoms with van der Waals surface area (Å²) in [5.41, 5.74) is 2.81. The highest BCUT2D eigenvalue weighted by Gasteiger charge is 2.71. The van der Waals surface area contributed by atoms with Gasteiger partial charge in [0.2, 0.25) is 11.8 Å². The second kappa shape index (κ2) is 9.42. The van der Waals surface area contributed by atoms with E-state index in [0.29, 0.717) is 30.8 Å². The molecule has 5 nitrogen and oxygen atoms in total. The first-order chi connectivity index (χ1) is 16.8. The Balaban J connectivity index is 1.52. The maximum Gasteiger partial charge on any atom is 0.248 e. The molecule has 4 aliphatic rings. The van der Waals surface area contributed by atoms with Crippen molar-refractivity contribution >= 4 is 11.8 Å². The zero-order valence-electron chi connectivity index (χ0n) is 21.5. The Morgan fingerprint density at radius 2 is 1.80 bits per heavy atom. The van der Waals surface area contributed by atoms with Crippen molar-refractivity contribution in [3.63, 3.8) is 0 Å². The number of hydrogen-bond acceptors (Lipinski definition) is 3. The third-order valence-electron chi connectivity index (χ3n) is 8.58. The van der Waals surface area contributed by atoms with Gasteiger partial charge in [-0.1, -0.05) is 74.0 Å². The smallest absolute Gasteiger partial charge is 0.248 e. The van der Waals surface area contributed by atoms with Gasteiger partial charge in [0.15, 0.2) is 0 Å². The Bertz CT molecular complexity index is 1080. The Morgan fingerprint density at radius 3 is 2.49 bits per heavy atom. The number of benzene rings is 2. The molecule has 1 aliphatic carbocycles. The summed E-state index contributed by atoms with van der Waals surface area (Å²) >= 11 is 0. The fourth-order valence-electron chi connectivity index (χ4n) is 7.48. The van der Waals surface area contributed by atoms with E-state index in [1.807, 2.05) is 11.0 Å². The number of rotatable bonds is 7. The van der Waals surface area contributed by atoms with Crippen molar-refractivity contribution in [3.8, 4) is 0 Å². The minimum Gasteiger partial charge on any atom is -0.350 e. The van der Waals surface area contributed by atoms with Crippen molar-refractivity contribution in [1.29, 1.82) is 0 Å². The first-order valence-electron chi connectivity index (χ1n) is 13.2. The highest BCUT2D eigenvalue weighted by atomic mass is 16.2. The van der Waals surface area contributed by atoms with Crippen LogP contribution in [-0.2, 0) is 22.6 Å². The molecule has 0 spiro atoms. The molecule has 1 saturated carbocycles. The summed E-state index contributed by atoms with van der Waals surface area (Å²) in [6.07, 6.45) is 1.97. The van der Waals surface area contributed by atoms with E-state index in [9.17, 15) is 9.59 Å². The van der Waals surface area contributed by atoms with Crippen LogP contribution in [0.4, 0.5) is 0 Å². The molecule has 35 heavy (non-hydrogen) atoms. The highest BCUT2D eigenvalue weighted by Crippen LogP contribution is 2.57. The Kier molecular flexibility index (Phi) is 6.47. The molecule has 6 rings (SSSR count). The zero-order chi connectivity index (χ0) is 24.7. The number of carbonyl (C=O) groups is 2. The molecular weight excluding hydrogens is 434 g/mol. The summed E-state index contributed by atoms with van der Waals surface area (Å²) in [5.74, 6) is 1.53. The molecule has 2 aromatic rings. The maximum absolute atomic E-state index is 14.3. The summed E-state index contributed by atoms with van der Waals surface area (Å²) in [4.78, 5) is 31.9. The number of fused-ring (bicyclic) bond motifs is 1. The average Bonchev–Trinajstić information content (AvgIpc) is 3.08. The van der Waals surface area contributed by atoms with Crippen LogP contribution in [0.1, 0.15) is 43.9 Å². The van der Waals surface area contributed by atoms with E-state index in [4.69, 9.17) is 0 Å². The van der Waals surface area contributed by atoms with E-state index in [1.165, 1.54) is 11.1 Å². The lowest BCUT2D eigenvalue weighted by molar-refractivity contribution is -0.172. The van der Waals surface area contributed by atoms with Crippen LogP contribution >= 0.6 is 0 Å². The van der Waals surface area contributed by atoms with Crippen LogP contribution in [0.3, 0.4) is 0 Å².